The van der Waals surface area contributed by atoms with Crippen molar-refractivity contribution in [2.75, 3.05) is 11.1 Å². The van der Waals surface area contributed by atoms with Crippen molar-refractivity contribution in [2.45, 2.75) is 26.3 Å². The van der Waals surface area contributed by atoms with Crippen molar-refractivity contribution in [3.8, 4) is 0 Å². The van der Waals surface area contributed by atoms with Crippen LogP contribution in [0.3, 0.4) is 0 Å². The summed E-state index contributed by atoms with van der Waals surface area (Å²) in [6, 6.07) is 16.6. The van der Waals surface area contributed by atoms with E-state index < -0.39 is 0 Å². The fourth-order valence-electron chi connectivity index (χ4n) is 1.83. The first-order valence-corrected chi connectivity index (χ1v) is 6.33. The molecule has 0 atom stereocenters. The lowest BCUT2D eigenvalue weighted by molar-refractivity contribution is 0.867. The number of nitrogens with two attached hydrogens (primary N) is 1. The van der Waals surface area contributed by atoms with Crippen LogP contribution in [0.5, 0.6) is 0 Å². The first kappa shape index (κ1) is 12.5. The maximum atomic E-state index is 5.66. The van der Waals surface area contributed by atoms with E-state index >= 15 is 0 Å². The van der Waals surface area contributed by atoms with Gasteiger partial charge in [0.15, 0.2) is 0 Å². The minimum atomic E-state index is 0.580. The molecule has 2 rings (SSSR count). The van der Waals surface area contributed by atoms with E-state index in [1.165, 1.54) is 11.1 Å². The van der Waals surface area contributed by atoms with Gasteiger partial charge in [-0.3, -0.25) is 0 Å². The molecule has 3 N–H and O–H groups in total. The van der Waals surface area contributed by atoms with E-state index in [4.69, 9.17) is 5.73 Å². The van der Waals surface area contributed by atoms with E-state index in [1.807, 2.05) is 24.3 Å². The second kappa shape index (κ2) is 5.58. The Morgan fingerprint density at radius 2 is 1.56 bits per heavy atom. The first-order chi connectivity index (χ1) is 8.65. The minimum Gasteiger partial charge on any atom is -0.399 e. The lowest BCUT2D eigenvalue weighted by Crippen LogP contribution is -1.99. The van der Waals surface area contributed by atoms with Gasteiger partial charge in [-0.1, -0.05) is 38.1 Å². The van der Waals surface area contributed by atoms with Crippen LogP contribution >= 0.6 is 0 Å². The van der Waals surface area contributed by atoms with Gasteiger partial charge >= 0.3 is 0 Å². The van der Waals surface area contributed by atoms with Gasteiger partial charge < -0.3 is 11.1 Å². The van der Waals surface area contributed by atoms with Crippen molar-refractivity contribution >= 4 is 11.4 Å². The zero-order chi connectivity index (χ0) is 13.0. The Balaban J connectivity index is 1.95. The number of anilines is 2. The van der Waals surface area contributed by atoms with Crippen molar-refractivity contribution in [1.29, 1.82) is 0 Å². The third-order valence-electron chi connectivity index (χ3n) is 3.05. The normalized spacial score (nSPS) is 10.6. The lowest BCUT2D eigenvalue weighted by atomic mass is 10.0. The highest BCUT2D eigenvalue weighted by molar-refractivity contribution is 5.46. The quantitative estimate of drug-likeness (QED) is 0.793. The topological polar surface area (TPSA) is 38.0 Å². The zero-order valence-electron chi connectivity index (χ0n) is 11.0. The third-order valence-corrected chi connectivity index (χ3v) is 3.05. The van der Waals surface area contributed by atoms with Crippen molar-refractivity contribution in [2.24, 2.45) is 0 Å². The molecule has 94 valence electrons. The molecule has 0 radical (unpaired) electrons. The molecule has 0 saturated carbocycles. The fraction of sp³-hybridized carbons (Fsp3) is 0.250. The third kappa shape index (κ3) is 3.27. The maximum Gasteiger partial charge on any atom is 0.0400 e. The number of nitrogen functional groups attached to an aromatic ring is 1. The van der Waals surface area contributed by atoms with Gasteiger partial charge in [0, 0.05) is 17.9 Å². The van der Waals surface area contributed by atoms with Crippen LogP contribution in [0, 0.1) is 0 Å². The van der Waals surface area contributed by atoms with Crippen molar-refractivity contribution in [3.05, 3.63) is 59.7 Å². The molecule has 2 aromatic carbocycles. The number of hydrogen-bond acceptors (Lipinski definition) is 2. The largest absolute Gasteiger partial charge is 0.399 e. The monoisotopic (exact) mass is 240 g/mol. The Morgan fingerprint density at radius 3 is 2.11 bits per heavy atom. The molecular weight excluding hydrogens is 220 g/mol. The maximum absolute atomic E-state index is 5.66. The van der Waals surface area contributed by atoms with E-state index in [1.54, 1.807) is 0 Å². The van der Waals surface area contributed by atoms with Crippen LogP contribution < -0.4 is 11.1 Å². The van der Waals surface area contributed by atoms with Crippen molar-refractivity contribution in [3.63, 3.8) is 0 Å². The number of nitrogens with one attached hydrogen (secondary N) is 1. The summed E-state index contributed by atoms with van der Waals surface area (Å²) in [4.78, 5) is 0. The first-order valence-electron chi connectivity index (χ1n) is 6.33. The van der Waals surface area contributed by atoms with Crippen LogP contribution in [0.1, 0.15) is 30.9 Å². The predicted molar refractivity (Wildman–Crippen MR) is 78.7 cm³/mol. The second-order valence-corrected chi connectivity index (χ2v) is 4.87. The molecule has 2 aromatic rings. The average Bonchev–Trinajstić information content (AvgIpc) is 2.38. The Kier molecular flexibility index (Phi) is 3.88. The van der Waals surface area contributed by atoms with Gasteiger partial charge in [-0.2, -0.15) is 0 Å². The number of benzene rings is 2. The Hall–Kier alpha value is -1.96. The standard InChI is InChI=1S/C16H20N2/c1-12(2)14-5-9-16(10-6-14)18-11-13-3-7-15(17)8-4-13/h3-10,12,18H,11,17H2,1-2H3. The highest BCUT2D eigenvalue weighted by Gasteiger charge is 1.99. The molecule has 0 amide bonds. The molecule has 0 aliphatic heterocycles. The molecule has 0 heterocycles. The molecule has 0 bridgehead atoms. The van der Waals surface area contributed by atoms with Crippen LogP contribution in [0.4, 0.5) is 11.4 Å². The van der Waals surface area contributed by atoms with Gasteiger partial charge in [0.1, 0.15) is 0 Å². The summed E-state index contributed by atoms with van der Waals surface area (Å²) in [5, 5.41) is 3.41. The van der Waals surface area contributed by atoms with Gasteiger partial charge in [-0.05, 0) is 41.3 Å². The lowest BCUT2D eigenvalue weighted by Gasteiger charge is -2.09. The van der Waals surface area contributed by atoms with Gasteiger partial charge in [-0.15, -0.1) is 0 Å². The zero-order valence-corrected chi connectivity index (χ0v) is 11.0. The summed E-state index contributed by atoms with van der Waals surface area (Å²) in [6.07, 6.45) is 0. The summed E-state index contributed by atoms with van der Waals surface area (Å²) < 4.78 is 0. The van der Waals surface area contributed by atoms with Crippen LogP contribution in [0.15, 0.2) is 48.5 Å². The SMILES string of the molecule is CC(C)c1ccc(NCc2ccc(N)cc2)cc1. The Morgan fingerprint density at radius 1 is 0.944 bits per heavy atom. The molecule has 0 aliphatic rings. The van der Waals surface area contributed by atoms with E-state index in [-0.39, 0.29) is 0 Å². The molecule has 2 nitrogen and oxygen atoms in total. The summed E-state index contributed by atoms with van der Waals surface area (Å²) in [5.41, 5.74) is 10.2. The molecule has 0 unspecified atom stereocenters. The predicted octanol–water partition coefficient (Wildman–Crippen LogP) is 4.00. The van der Waals surface area contributed by atoms with E-state index in [2.05, 4.69) is 43.4 Å². The average molecular weight is 240 g/mol. The summed E-state index contributed by atoms with van der Waals surface area (Å²) in [5.74, 6) is 0.580. The summed E-state index contributed by atoms with van der Waals surface area (Å²) in [7, 11) is 0. The molecule has 0 fully saturated rings. The minimum absolute atomic E-state index is 0.580. The molecular formula is C16H20N2. The highest BCUT2D eigenvalue weighted by atomic mass is 14.9. The summed E-state index contributed by atoms with van der Waals surface area (Å²) >= 11 is 0. The van der Waals surface area contributed by atoms with Crippen LogP contribution in [-0.2, 0) is 6.54 Å². The fourth-order valence-corrected chi connectivity index (χ4v) is 1.83. The highest BCUT2D eigenvalue weighted by Crippen LogP contribution is 2.17. The van der Waals surface area contributed by atoms with Gasteiger partial charge in [0.2, 0.25) is 0 Å². The smallest absolute Gasteiger partial charge is 0.0400 e. The van der Waals surface area contributed by atoms with E-state index in [0.717, 1.165) is 17.9 Å². The van der Waals surface area contributed by atoms with E-state index in [0.29, 0.717) is 5.92 Å². The molecule has 0 aliphatic carbocycles. The number of hydrogen-bond donors (Lipinski definition) is 2. The van der Waals surface area contributed by atoms with Gasteiger partial charge in [0.25, 0.3) is 0 Å². The molecule has 2 heteroatoms. The number of rotatable bonds is 4. The van der Waals surface area contributed by atoms with Crippen LogP contribution in [-0.4, -0.2) is 0 Å². The molecule has 0 aromatic heterocycles. The Bertz CT molecular complexity index is 484. The van der Waals surface area contributed by atoms with Crippen LogP contribution in [0.2, 0.25) is 0 Å². The second-order valence-electron chi connectivity index (χ2n) is 4.87. The van der Waals surface area contributed by atoms with Gasteiger partial charge in [-0.25, -0.2) is 0 Å². The molecule has 0 spiro atoms. The molecule has 0 saturated heterocycles. The molecule has 18 heavy (non-hydrogen) atoms. The van der Waals surface area contributed by atoms with Gasteiger partial charge in [0.05, 0.1) is 0 Å². The van der Waals surface area contributed by atoms with Crippen molar-refractivity contribution < 1.29 is 0 Å². The van der Waals surface area contributed by atoms with E-state index in [9.17, 15) is 0 Å². The van der Waals surface area contributed by atoms with Crippen molar-refractivity contribution in [1.82, 2.24) is 0 Å². The van der Waals surface area contributed by atoms with Crippen LogP contribution in [0.25, 0.3) is 0 Å². The Labute approximate surface area is 109 Å². The summed E-state index contributed by atoms with van der Waals surface area (Å²) in [6.45, 7) is 5.23.